The van der Waals surface area contributed by atoms with Gasteiger partial charge in [-0.05, 0) is 12.5 Å². The molecule has 0 bridgehead atoms. The Morgan fingerprint density at radius 2 is 1.48 bits per heavy atom. The zero-order valence-electron chi connectivity index (χ0n) is 15.3. The molecular weight excluding hydrogens is 292 g/mol. The van der Waals surface area contributed by atoms with Crippen LogP contribution in [0.3, 0.4) is 0 Å². The van der Waals surface area contributed by atoms with E-state index in [1.165, 1.54) is 25.7 Å². The van der Waals surface area contributed by atoms with Gasteiger partial charge in [0.1, 0.15) is 5.75 Å². The van der Waals surface area contributed by atoms with Crippen LogP contribution in [0, 0.1) is 0 Å². The predicted octanol–water partition coefficient (Wildman–Crippen LogP) is 4.73. The minimum Gasteiger partial charge on any atom is -0.496 e. The Balaban J connectivity index is 3.00. The summed E-state index contributed by atoms with van der Waals surface area (Å²) in [5, 5.41) is 0. The van der Waals surface area contributed by atoms with Crippen LogP contribution in [0.2, 0.25) is 0 Å². The average molecular weight is 324 g/mol. The quantitative estimate of drug-likeness (QED) is 0.411. The molecule has 0 spiro atoms. The van der Waals surface area contributed by atoms with Crippen LogP contribution in [0.4, 0.5) is 0 Å². The van der Waals surface area contributed by atoms with Crippen molar-refractivity contribution in [3.8, 4) is 5.75 Å². The van der Waals surface area contributed by atoms with E-state index in [4.69, 9.17) is 18.9 Å². The fourth-order valence-corrected chi connectivity index (χ4v) is 3.11. The van der Waals surface area contributed by atoms with Gasteiger partial charge in [0.15, 0.2) is 0 Å². The van der Waals surface area contributed by atoms with E-state index >= 15 is 0 Å². The molecule has 0 heterocycles. The van der Waals surface area contributed by atoms with E-state index < -0.39 is 5.97 Å². The third kappa shape index (κ3) is 5.20. The summed E-state index contributed by atoms with van der Waals surface area (Å²) in [4.78, 5) is 0. The third-order valence-corrected chi connectivity index (χ3v) is 4.39. The molecule has 0 aliphatic heterocycles. The number of para-hydroxylation sites is 1. The molecule has 0 saturated heterocycles. The molecule has 1 atom stereocenters. The van der Waals surface area contributed by atoms with Crippen molar-refractivity contribution in [3.05, 3.63) is 29.8 Å². The zero-order valence-corrected chi connectivity index (χ0v) is 15.3. The predicted molar refractivity (Wildman–Crippen MR) is 92.9 cm³/mol. The van der Waals surface area contributed by atoms with Gasteiger partial charge >= 0.3 is 0 Å². The Hall–Kier alpha value is -1.10. The second-order valence-corrected chi connectivity index (χ2v) is 5.71. The standard InChI is InChI=1S/C19H32O4/c1-6-7-8-9-10-14-17(19(21-3,22-4)23-5)16-13-11-12-15-18(16)20-2/h11-13,15,17H,6-10,14H2,1-5H3. The molecule has 0 amide bonds. The zero-order chi connectivity index (χ0) is 17.1. The molecule has 0 aliphatic carbocycles. The minimum absolute atomic E-state index is 0.0553. The molecule has 0 saturated carbocycles. The van der Waals surface area contributed by atoms with Crippen LogP contribution in [0.1, 0.15) is 56.9 Å². The highest BCUT2D eigenvalue weighted by Crippen LogP contribution is 2.40. The fraction of sp³-hybridized carbons (Fsp3) is 0.684. The van der Waals surface area contributed by atoms with Crippen LogP contribution in [0.25, 0.3) is 0 Å². The first-order valence-electron chi connectivity index (χ1n) is 8.47. The van der Waals surface area contributed by atoms with Gasteiger partial charge in [-0.2, -0.15) is 0 Å². The van der Waals surface area contributed by atoms with Gasteiger partial charge in [-0.25, -0.2) is 0 Å². The monoisotopic (exact) mass is 324 g/mol. The molecule has 1 aromatic carbocycles. The van der Waals surface area contributed by atoms with E-state index in [1.807, 2.05) is 18.2 Å². The summed E-state index contributed by atoms with van der Waals surface area (Å²) < 4.78 is 22.4. The molecule has 0 N–H and O–H groups in total. The van der Waals surface area contributed by atoms with Crippen molar-refractivity contribution in [2.45, 2.75) is 57.3 Å². The highest BCUT2D eigenvalue weighted by atomic mass is 16.9. The lowest BCUT2D eigenvalue weighted by Crippen LogP contribution is -2.42. The number of rotatable bonds is 12. The summed E-state index contributed by atoms with van der Waals surface area (Å²) in [6, 6.07) is 7.99. The first-order valence-corrected chi connectivity index (χ1v) is 8.47. The maximum Gasteiger partial charge on any atom is 0.289 e. The number of hydrogen-bond donors (Lipinski definition) is 0. The summed E-state index contributed by atoms with van der Waals surface area (Å²) in [6.45, 7) is 2.23. The lowest BCUT2D eigenvalue weighted by atomic mass is 9.89. The van der Waals surface area contributed by atoms with Gasteiger partial charge in [-0.1, -0.05) is 57.2 Å². The maximum absolute atomic E-state index is 5.63. The van der Waals surface area contributed by atoms with Crippen molar-refractivity contribution in [2.75, 3.05) is 28.4 Å². The third-order valence-electron chi connectivity index (χ3n) is 4.39. The fourth-order valence-electron chi connectivity index (χ4n) is 3.11. The van der Waals surface area contributed by atoms with Crippen molar-refractivity contribution >= 4 is 0 Å². The Bertz CT molecular complexity index is 421. The van der Waals surface area contributed by atoms with Gasteiger partial charge in [0.2, 0.25) is 0 Å². The van der Waals surface area contributed by atoms with Crippen LogP contribution in [0.15, 0.2) is 24.3 Å². The van der Waals surface area contributed by atoms with Gasteiger partial charge in [0.25, 0.3) is 5.97 Å². The molecule has 1 unspecified atom stereocenters. The second kappa shape index (κ2) is 10.6. The van der Waals surface area contributed by atoms with Gasteiger partial charge in [0.05, 0.1) is 13.0 Å². The van der Waals surface area contributed by atoms with Crippen molar-refractivity contribution in [3.63, 3.8) is 0 Å². The number of unbranched alkanes of at least 4 members (excludes halogenated alkanes) is 4. The van der Waals surface area contributed by atoms with Crippen molar-refractivity contribution in [1.29, 1.82) is 0 Å². The van der Waals surface area contributed by atoms with E-state index in [2.05, 4.69) is 13.0 Å². The number of ether oxygens (including phenoxy) is 4. The Kier molecular flexibility index (Phi) is 9.22. The normalized spacial score (nSPS) is 13.1. The second-order valence-electron chi connectivity index (χ2n) is 5.71. The van der Waals surface area contributed by atoms with E-state index in [1.54, 1.807) is 28.4 Å². The lowest BCUT2D eigenvalue weighted by molar-refractivity contribution is -0.365. The van der Waals surface area contributed by atoms with Crippen molar-refractivity contribution < 1.29 is 18.9 Å². The maximum atomic E-state index is 5.63. The molecule has 4 heteroatoms. The Morgan fingerprint density at radius 3 is 2.04 bits per heavy atom. The molecule has 1 aromatic rings. The average Bonchev–Trinajstić information content (AvgIpc) is 2.61. The molecule has 132 valence electrons. The minimum atomic E-state index is -1.10. The van der Waals surface area contributed by atoms with Gasteiger partial charge < -0.3 is 18.9 Å². The molecule has 23 heavy (non-hydrogen) atoms. The van der Waals surface area contributed by atoms with Crippen LogP contribution < -0.4 is 4.74 Å². The Morgan fingerprint density at radius 1 is 0.870 bits per heavy atom. The smallest absolute Gasteiger partial charge is 0.289 e. The number of methoxy groups -OCH3 is 4. The summed E-state index contributed by atoms with van der Waals surface area (Å²) in [6.07, 6.45) is 7.00. The molecule has 0 fully saturated rings. The molecule has 0 aliphatic rings. The summed E-state index contributed by atoms with van der Waals surface area (Å²) >= 11 is 0. The molecule has 4 nitrogen and oxygen atoms in total. The first-order chi connectivity index (χ1) is 11.2. The number of hydrogen-bond acceptors (Lipinski definition) is 4. The van der Waals surface area contributed by atoms with Gasteiger partial charge in [-0.3, -0.25) is 0 Å². The summed E-state index contributed by atoms with van der Waals surface area (Å²) in [7, 11) is 6.54. The summed E-state index contributed by atoms with van der Waals surface area (Å²) in [5.74, 6) is -0.318. The molecule has 0 aromatic heterocycles. The van der Waals surface area contributed by atoms with Crippen LogP contribution in [0.5, 0.6) is 5.75 Å². The van der Waals surface area contributed by atoms with Gasteiger partial charge in [0, 0.05) is 26.9 Å². The molecular formula is C19H32O4. The van der Waals surface area contributed by atoms with Crippen molar-refractivity contribution in [2.24, 2.45) is 0 Å². The van der Waals surface area contributed by atoms with E-state index in [-0.39, 0.29) is 5.92 Å². The van der Waals surface area contributed by atoms with Crippen LogP contribution >= 0.6 is 0 Å². The Labute approximate surface area is 141 Å². The van der Waals surface area contributed by atoms with Crippen LogP contribution in [-0.4, -0.2) is 34.4 Å². The molecule has 0 radical (unpaired) electrons. The largest absolute Gasteiger partial charge is 0.496 e. The van der Waals surface area contributed by atoms with E-state index in [0.717, 1.165) is 24.2 Å². The SMILES string of the molecule is CCCCCCCC(c1ccccc1OC)C(OC)(OC)OC. The number of benzene rings is 1. The summed E-state index contributed by atoms with van der Waals surface area (Å²) in [5.41, 5.74) is 1.05. The topological polar surface area (TPSA) is 36.9 Å². The first kappa shape index (κ1) is 19.9. The van der Waals surface area contributed by atoms with E-state index in [9.17, 15) is 0 Å². The lowest BCUT2D eigenvalue weighted by Gasteiger charge is -2.37. The van der Waals surface area contributed by atoms with E-state index in [0.29, 0.717) is 0 Å². The van der Waals surface area contributed by atoms with Crippen molar-refractivity contribution in [1.82, 2.24) is 0 Å². The highest BCUT2D eigenvalue weighted by Gasteiger charge is 2.42. The van der Waals surface area contributed by atoms with Crippen LogP contribution in [-0.2, 0) is 14.2 Å². The molecule has 1 rings (SSSR count). The van der Waals surface area contributed by atoms with Gasteiger partial charge in [-0.15, -0.1) is 0 Å². The highest BCUT2D eigenvalue weighted by molar-refractivity contribution is 5.37.